The van der Waals surface area contributed by atoms with Gasteiger partial charge in [0, 0.05) is 10.5 Å². The topological polar surface area (TPSA) is 60.2 Å². The van der Waals surface area contributed by atoms with Crippen LogP contribution >= 0.6 is 12.6 Å². The highest BCUT2D eigenvalue weighted by Gasteiger charge is 2.29. The van der Waals surface area contributed by atoms with Crippen molar-refractivity contribution in [3.05, 3.63) is 46.0 Å². The minimum atomic E-state index is -1.41. The first-order valence-corrected chi connectivity index (χ1v) is 3.93. The average molecular weight is 196 g/mol. The van der Waals surface area contributed by atoms with Crippen LogP contribution in [0.5, 0.6) is 0 Å². The molecule has 1 unspecified atom stereocenters. The monoisotopic (exact) mass is 196 g/mol. The molecule has 0 amide bonds. The molecule has 0 aliphatic rings. The van der Waals surface area contributed by atoms with Gasteiger partial charge in [-0.25, -0.2) is 0 Å². The third kappa shape index (κ3) is 2.22. The van der Waals surface area contributed by atoms with Gasteiger partial charge in [0.15, 0.2) is 0 Å². The summed E-state index contributed by atoms with van der Waals surface area (Å²) in [5.41, 5.74) is 0.326. The second kappa shape index (κ2) is 3.95. The number of nitrogens with zero attached hydrogens (tertiary/aromatic N) is 1. The lowest BCUT2D eigenvalue weighted by Crippen LogP contribution is -2.16. The van der Waals surface area contributed by atoms with Crippen LogP contribution in [0.4, 0.5) is 0 Å². The van der Waals surface area contributed by atoms with Gasteiger partial charge in [0.25, 0.3) is 5.12 Å². The van der Waals surface area contributed by atoms with Crippen LogP contribution in [0.15, 0.2) is 30.3 Å². The molecule has 0 aliphatic heterocycles. The molecule has 0 fully saturated rings. The minimum Gasteiger partial charge on any atom is -0.274 e. The predicted octanol–water partition coefficient (Wildman–Crippen LogP) is 1.73. The van der Waals surface area contributed by atoms with Crippen molar-refractivity contribution in [2.24, 2.45) is 0 Å². The highest BCUT2D eigenvalue weighted by Crippen LogP contribution is 2.18. The van der Waals surface area contributed by atoms with E-state index in [-0.39, 0.29) is 0 Å². The van der Waals surface area contributed by atoms with E-state index in [1.807, 2.05) is 0 Å². The predicted molar refractivity (Wildman–Crippen MR) is 48.8 cm³/mol. The Kier molecular flexibility index (Phi) is 2.92. The molecular formula is C8H6NO3S. The van der Waals surface area contributed by atoms with Crippen molar-refractivity contribution in [3.63, 3.8) is 0 Å². The number of hydrogen-bond donors (Lipinski definition) is 0. The van der Waals surface area contributed by atoms with E-state index in [9.17, 15) is 14.9 Å². The van der Waals surface area contributed by atoms with Crippen LogP contribution in [-0.2, 0) is 4.79 Å². The summed E-state index contributed by atoms with van der Waals surface area (Å²) >= 11 is 4.28. The van der Waals surface area contributed by atoms with Crippen LogP contribution in [0.25, 0.3) is 0 Å². The van der Waals surface area contributed by atoms with E-state index in [2.05, 4.69) is 12.6 Å². The van der Waals surface area contributed by atoms with Crippen LogP contribution in [-0.4, -0.2) is 10.0 Å². The molecule has 1 aromatic carbocycles. The second-order valence-corrected chi connectivity index (χ2v) is 2.82. The van der Waals surface area contributed by atoms with Gasteiger partial charge in [-0.05, 0) is 12.6 Å². The van der Waals surface area contributed by atoms with E-state index in [1.54, 1.807) is 18.2 Å². The molecule has 1 rings (SSSR count). The van der Waals surface area contributed by atoms with Gasteiger partial charge >= 0.3 is 6.04 Å². The number of rotatable bonds is 3. The average Bonchev–Trinajstić information content (AvgIpc) is 2.04. The quantitative estimate of drug-likeness (QED) is 0.546. The van der Waals surface area contributed by atoms with E-state index in [0.717, 1.165) is 0 Å². The summed E-state index contributed by atoms with van der Waals surface area (Å²) in [6, 6.07) is 6.59. The van der Waals surface area contributed by atoms with Crippen molar-refractivity contribution in [1.82, 2.24) is 0 Å². The van der Waals surface area contributed by atoms with E-state index < -0.39 is 16.1 Å². The molecule has 0 heterocycles. The Morgan fingerprint density at radius 2 is 1.92 bits per heavy atom. The van der Waals surface area contributed by atoms with E-state index >= 15 is 0 Å². The number of hydrogen-bond acceptors (Lipinski definition) is 3. The third-order valence-electron chi connectivity index (χ3n) is 1.55. The Balaban J connectivity index is 3.03. The first kappa shape index (κ1) is 9.60. The minimum absolute atomic E-state index is 0.326. The van der Waals surface area contributed by atoms with E-state index in [4.69, 9.17) is 0 Å². The highest BCUT2D eigenvalue weighted by molar-refractivity contribution is 7.96. The molecule has 4 nitrogen and oxygen atoms in total. The smallest absolute Gasteiger partial charge is 0.274 e. The van der Waals surface area contributed by atoms with Gasteiger partial charge in [0.2, 0.25) is 0 Å². The van der Waals surface area contributed by atoms with Gasteiger partial charge in [-0.2, -0.15) is 0 Å². The Morgan fingerprint density at radius 1 is 1.38 bits per heavy atom. The maximum Gasteiger partial charge on any atom is 0.309 e. The summed E-state index contributed by atoms with van der Waals surface area (Å²) in [7, 11) is 0. The molecular weight excluding hydrogens is 190 g/mol. The van der Waals surface area contributed by atoms with Crippen LogP contribution in [0.3, 0.4) is 0 Å². The Hall–Kier alpha value is -1.49. The summed E-state index contributed by atoms with van der Waals surface area (Å²) in [6.07, 6.45) is 0. The first-order chi connectivity index (χ1) is 6.13. The molecule has 0 aromatic heterocycles. The maximum atomic E-state index is 10.8. The number of carbonyl (C=O) groups is 1. The number of benzene rings is 1. The lowest BCUT2D eigenvalue weighted by atomic mass is 10.1. The molecule has 5 heteroatoms. The molecule has 0 N–H and O–H groups in total. The van der Waals surface area contributed by atoms with Crippen LogP contribution < -0.4 is 0 Å². The van der Waals surface area contributed by atoms with E-state index in [0.29, 0.717) is 5.56 Å². The van der Waals surface area contributed by atoms with Gasteiger partial charge in [-0.1, -0.05) is 30.3 Å². The van der Waals surface area contributed by atoms with Crippen molar-refractivity contribution < 1.29 is 9.72 Å². The van der Waals surface area contributed by atoms with Gasteiger partial charge in [0.05, 0.1) is 0 Å². The molecule has 13 heavy (non-hydrogen) atoms. The summed E-state index contributed by atoms with van der Waals surface area (Å²) in [5.74, 6) is 0. The standard InChI is InChI=1S/C8H6NO3S/c10-8(13)7(9(11)12)6-4-2-1-3-5-6/h1-5,7H. The molecule has 1 aromatic rings. The number of nitro groups is 1. The molecule has 0 bridgehead atoms. The largest absolute Gasteiger partial charge is 0.309 e. The summed E-state index contributed by atoms with van der Waals surface area (Å²) in [4.78, 5) is 20.5. The lowest BCUT2D eigenvalue weighted by molar-refractivity contribution is -0.511. The van der Waals surface area contributed by atoms with Crippen LogP contribution in [0.1, 0.15) is 11.6 Å². The zero-order valence-corrected chi connectivity index (χ0v) is 7.36. The molecule has 0 saturated heterocycles. The zero-order valence-electron chi connectivity index (χ0n) is 6.54. The fourth-order valence-corrected chi connectivity index (χ4v) is 1.20. The Labute approximate surface area is 80.1 Å². The molecule has 67 valence electrons. The molecule has 1 atom stereocenters. The molecule has 0 aliphatic carbocycles. The third-order valence-corrected chi connectivity index (χ3v) is 1.77. The van der Waals surface area contributed by atoms with Crippen LogP contribution in [0, 0.1) is 10.1 Å². The lowest BCUT2D eigenvalue weighted by Gasteiger charge is -2.03. The Morgan fingerprint density at radius 3 is 2.31 bits per heavy atom. The van der Waals surface area contributed by atoms with Crippen molar-refractivity contribution in [3.8, 4) is 0 Å². The van der Waals surface area contributed by atoms with Gasteiger partial charge in [-0.3, -0.25) is 14.9 Å². The number of carbonyl (C=O) groups excluding carboxylic acids is 1. The van der Waals surface area contributed by atoms with Gasteiger partial charge < -0.3 is 0 Å². The van der Waals surface area contributed by atoms with Gasteiger partial charge in [0.1, 0.15) is 0 Å². The SMILES string of the molecule is O=C([S])C(c1ccccc1)[N+](=O)[O-]. The molecule has 1 radical (unpaired) electrons. The van der Waals surface area contributed by atoms with Crippen molar-refractivity contribution in [1.29, 1.82) is 0 Å². The summed E-state index contributed by atoms with van der Waals surface area (Å²) in [6.45, 7) is 0. The van der Waals surface area contributed by atoms with E-state index in [1.165, 1.54) is 12.1 Å². The zero-order chi connectivity index (χ0) is 9.84. The van der Waals surface area contributed by atoms with Crippen molar-refractivity contribution in [2.45, 2.75) is 6.04 Å². The van der Waals surface area contributed by atoms with Crippen LogP contribution in [0.2, 0.25) is 0 Å². The fraction of sp³-hybridized carbons (Fsp3) is 0.125. The van der Waals surface area contributed by atoms with Crippen molar-refractivity contribution >= 4 is 17.7 Å². The van der Waals surface area contributed by atoms with Gasteiger partial charge in [-0.15, -0.1) is 0 Å². The van der Waals surface area contributed by atoms with Crippen molar-refractivity contribution in [2.75, 3.05) is 0 Å². The fourth-order valence-electron chi connectivity index (χ4n) is 0.979. The summed E-state index contributed by atoms with van der Waals surface area (Å²) in [5, 5.41) is 9.59. The molecule has 0 spiro atoms. The normalized spacial score (nSPS) is 12.0. The Bertz CT molecular complexity index is 311. The first-order valence-electron chi connectivity index (χ1n) is 3.52. The maximum absolute atomic E-state index is 10.8. The summed E-state index contributed by atoms with van der Waals surface area (Å²) < 4.78 is 0. The highest BCUT2D eigenvalue weighted by atomic mass is 32.1. The molecule has 0 saturated carbocycles. The second-order valence-electron chi connectivity index (χ2n) is 2.42.